The van der Waals surface area contributed by atoms with Crippen molar-refractivity contribution in [2.24, 2.45) is 0 Å². The predicted octanol–water partition coefficient (Wildman–Crippen LogP) is 6.64. The van der Waals surface area contributed by atoms with Crippen molar-refractivity contribution in [3.05, 3.63) is 77.6 Å². The number of rotatable bonds is 9. The van der Waals surface area contributed by atoms with Crippen LogP contribution in [0.4, 0.5) is 0 Å². The SMILES string of the molecule is C[Si](C)(C)CCOCn1nc(-c2cccc(OCc3ccccc3)c2)c2cc(Cl)ncc21. The van der Waals surface area contributed by atoms with Gasteiger partial charge < -0.3 is 9.47 Å². The molecule has 0 spiro atoms. The summed E-state index contributed by atoms with van der Waals surface area (Å²) in [6.45, 7) is 8.66. The van der Waals surface area contributed by atoms with Crippen LogP contribution in [0.15, 0.2) is 66.9 Å². The van der Waals surface area contributed by atoms with E-state index in [1.807, 2.05) is 53.2 Å². The first-order chi connectivity index (χ1) is 15.4. The Balaban J connectivity index is 1.57. The molecule has 7 heteroatoms. The summed E-state index contributed by atoms with van der Waals surface area (Å²) in [7, 11) is -1.14. The third-order valence-electron chi connectivity index (χ3n) is 5.17. The largest absolute Gasteiger partial charge is 0.489 e. The van der Waals surface area contributed by atoms with E-state index in [9.17, 15) is 0 Å². The van der Waals surface area contributed by atoms with Crippen LogP contribution in [0.1, 0.15) is 5.56 Å². The van der Waals surface area contributed by atoms with Gasteiger partial charge in [0.15, 0.2) is 0 Å². The first-order valence-corrected chi connectivity index (χ1v) is 14.8. The molecule has 0 radical (unpaired) electrons. The highest BCUT2D eigenvalue weighted by atomic mass is 35.5. The zero-order valence-corrected chi connectivity index (χ0v) is 20.5. The van der Waals surface area contributed by atoms with Gasteiger partial charge in [0.1, 0.15) is 29.9 Å². The van der Waals surface area contributed by atoms with Crippen LogP contribution in [-0.4, -0.2) is 29.4 Å². The van der Waals surface area contributed by atoms with Crippen LogP contribution in [0.2, 0.25) is 30.8 Å². The molecule has 4 aromatic rings. The Labute approximate surface area is 195 Å². The van der Waals surface area contributed by atoms with Gasteiger partial charge in [-0.05, 0) is 29.8 Å². The maximum absolute atomic E-state index is 6.21. The summed E-state index contributed by atoms with van der Waals surface area (Å²) >= 11 is 6.21. The minimum atomic E-state index is -1.14. The topological polar surface area (TPSA) is 49.2 Å². The number of halogens is 1. The van der Waals surface area contributed by atoms with Gasteiger partial charge in [-0.1, -0.05) is 73.7 Å². The van der Waals surface area contributed by atoms with Gasteiger partial charge in [-0.3, -0.25) is 0 Å². The molecule has 0 aliphatic rings. The highest BCUT2D eigenvalue weighted by Crippen LogP contribution is 2.31. The molecule has 4 rings (SSSR count). The molecule has 166 valence electrons. The minimum absolute atomic E-state index is 0.383. The van der Waals surface area contributed by atoms with E-state index in [4.69, 9.17) is 26.2 Å². The molecule has 0 unspecified atom stereocenters. The summed E-state index contributed by atoms with van der Waals surface area (Å²) in [5.41, 5.74) is 3.82. The molecule has 0 saturated heterocycles. The number of fused-ring (bicyclic) bond motifs is 1. The molecule has 2 aromatic heterocycles. The standard InChI is InChI=1S/C25H28ClN3O2Si/c1-32(2,3)13-12-30-18-29-23-16-27-24(26)15-22(23)25(28-29)20-10-7-11-21(14-20)31-17-19-8-5-4-6-9-19/h4-11,14-16H,12-13,17-18H2,1-3H3. The second-order valence-electron chi connectivity index (χ2n) is 9.02. The van der Waals surface area contributed by atoms with Crippen LogP contribution in [0.3, 0.4) is 0 Å². The smallest absolute Gasteiger partial charge is 0.140 e. The lowest BCUT2D eigenvalue weighted by Gasteiger charge is -2.15. The minimum Gasteiger partial charge on any atom is -0.489 e. The first-order valence-electron chi connectivity index (χ1n) is 10.8. The Bertz CT molecular complexity index is 1190. The van der Waals surface area contributed by atoms with E-state index in [0.29, 0.717) is 18.5 Å². The van der Waals surface area contributed by atoms with Crippen LogP contribution in [-0.2, 0) is 18.1 Å². The maximum Gasteiger partial charge on any atom is 0.140 e. The second kappa shape index (κ2) is 9.86. The molecule has 0 aliphatic heterocycles. The molecule has 0 atom stereocenters. The van der Waals surface area contributed by atoms with E-state index < -0.39 is 8.07 Å². The van der Waals surface area contributed by atoms with Crippen LogP contribution >= 0.6 is 11.6 Å². The summed E-state index contributed by atoms with van der Waals surface area (Å²) in [5, 5.41) is 6.23. The fraction of sp³-hybridized carbons (Fsp3) is 0.280. The first kappa shape index (κ1) is 22.5. The summed E-state index contributed by atoms with van der Waals surface area (Å²) < 4.78 is 13.8. The highest BCUT2D eigenvalue weighted by molar-refractivity contribution is 6.76. The van der Waals surface area contributed by atoms with E-state index in [0.717, 1.165) is 46.1 Å². The Morgan fingerprint density at radius 2 is 1.81 bits per heavy atom. The summed E-state index contributed by atoms with van der Waals surface area (Å²) in [6.07, 6.45) is 1.76. The molecular formula is C25H28ClN3O2Si. The van der Waals surface area contributed by atoms with Gasteiger partial charge in [0.05, 0.1) is 11.7 Å². The van der Waals surface area contributed by atoms with Crippen LogP contribution in [0.5, 0.6) is 5.75 Å². The zero-order chi connectivity index (χ0) is 22.6. The number of ether oxygens (including phenoxy) is 2. The molecule has 0 saturated carbocycles. The maximum atomic E-state index is 6.21. The van der Waals surface area contributed by atoms with Gasteiger partial charge in [-0.25, -0.2) is 9.67 Å². The second-order valence-corrected chi connectivity index (χ2v) is 15.0. The Kier molecular flexibility index (Phi) is 6.94. The molecule has 2 aromatic carbocycles. The lowest BCUT2D eigenvalue weighted by molar-refractivity contribution is 0.0818. The van der Waals surface area contributed by atoms with E-state index >= 15 is 0 Å². The molecule has 0 amide bonds. The van der Waals surface area contributed by atoms with E-state index in [1.54, 1.807) is 6.20 Å². The number of nitrogens with zero attached hydrogens (tertiary/aromatic N) is 3. The third kappa shape index (κ3) is 5.76. The Morgan fingerprint density at radius 3 is 2.59 bits per heavy atom. The lowest BCUT2D eigenvalue weighted by Crippen LogP contribution is -2.22. The monoisotopic (exact) mass is 465 g/mol. The quantitative estimate of drug-likeness (QED) is 0.158. The van der Waals surface area contributed by atoms with E-state index in [1.165, 1.54) is 0 Å². The van der Waals surface area contributed by atoms with Crippen molar-refractivity contribution in [2.45, 2.75) is 39.0 Å². The van der Waals surface area contributed by atoms with Crippen molar-refractivity contribution in [1.29, 1.82) is 0 Å². The number of aromatic nitrogens is 3. The van der Waals surface area contributed by atoms with Crippen molar-refractivity contribution >= 4 is 30.6 Å². The average Bonchev–Trinajstić information content (AvgIpc) is 3.13. The normalized spacial score (nSPS) is 11.8. The van der Waals surface area contributed by atoms with Crippen molar-refractivity contribution in [1.82, 2.24) is 14.8 Å². The van der Waals surface area contributed by atoms with Gasteiger partial charge in [0.2, 0.25) is 0 Å². The van der Waals surface area contributed by atoms with Crippen LogP contribution < -0.4 is 4.74 Å². The lowest BCUT2D eigenvalue weighted by atomic mass is 10.1. The fourth-order valence-corrected chi connectivity index (χ4v) is 4.28. The summed E-state index contributed by atoms with van der Waals surface area (Å²) in [5.74, 6) is 0.792. The van der Waals surface area contributed by atoms with Gasteiger partial charge in [0, 0.05) is 25.6 Å². The Morgan fingerprint density at radius 1 is 1.00 bits per heavy atom. The van der Waals surface area contributed by atoms with Crippen molar-refractivity contribution in [2.75, 3.05) is 6.61 Å². The van der Waals surface area contributed by atoms with Gasteiger partial charge in [-0.15, -0.1) is 0 Å². The Hall–Kier alpha value is -2.67. The van der Waals surface area contributed by atoms with Crippen LogP contribution in [0, 0.1) is 0 Å². The number of pyridine rings is 1. The number of hydrogen-bond acceptors (Lipinski definition) is 4. The summed E-state index contributed by atoms with van der Waals surface area (Å²) in [4.78, 5) is 4.25. The molecule has 0 N–H and O–H groups in total. The molecular weight excluding hydrogens is 438 g/mol. The van der Waals surface area contributed by atoms with Crippen molar-refractivity contribution in [3.63, 3.8) is 0 Å². The van der Waals surface area contributed by atoms with Crippen LogP contribution in [0.25, 0.3) is 22.2 Å². The molecule has 32 heavy (non-hydrogen) atoms. The molecule has 0 aliphatic carbocycles. The highest BCUT2D eigenvalue weighted by Gasteiger charge is 2.16. The van der Waals surface area contributed by atoms with E-state index in [-0.39, 0.29) is 0 Å². The van der Waals surface area contributed by atoms with Crippen molar-refractivity contribution < 1.29 is 9.47 Å². The molecule has 2 heterocycles. The van der Waals surface area contributed by atoms with Gasteiger partial charge in [-0.2, -0.15) is 5.10 Å². The zero-order valence-electron chi connectivity index (χ0n) is 18.7. The summed E-state index contributed by atoms with van der Waals surface area (Å²) in [6, 6.07) is 21.1. The average molecular weight is 466 g/mol. The molecule has 5 nitrogen and oxygen atoms in total. The van der Waals surface area contributed by atoms with Crippen molar-refractivity contribution in [3.8, 4) is 17.0 Å². The predicted molar refractivity (Wildman–Crippen MR) is 133 cm³/mol. The fourth-order valence-electron chi connectivity index (χ4n) is 3.36. The van der Waals surface area contributed by atoms with E-state index in [2.05, 4.69) is 36.8 Å². The third-order valence-corrected chi connectivity index (χ3v) is 7.08. The number of benzene rings is 2. The molecule has 0 fully saturated rings. The van der Waals surface area contributed by atoms with Gasteiger partial charge >= 0.3 is 0 Å². The van der Waals surface area contributed by atoms with Gasteiger partial charge in [0.25, 0.3) is 0 Å². The molecule has 0 bridgehead atoms. The number of hydrogen-bond donors (Lipinski definition) is 0.